The van der Waals surface area contributed by atoms with Gasteiger partial charge in [0.1, 0.15) is 0 Å². The summed E-state index contributed by atoms with van der Waals surface area (Å²) in [6, 6.07) is 9.07. The number of rotatable bonds is 5. The van der Waals surface area contributed by atoms with Crippen molar-refractivity contribution < 1.29 is 23.9 Å². The molecular weight excluding hydrogens is 372 g/mol. The molecule has 0 N–H and O–H groups in total. The molecule has 29 heavy (non-hydrogen) atoms. The summed E-state index contributed by atoms with van der Waals surface area (Å²) in [5, 5.41) is 0. The molecule has 1 aliphatic carbocycles. The van der Waals surface area contributed by atoms with Crippen molar-refractivity contribution in [3.63, 3.8) is 0 Å². The monoisotopic (exact) mass is 400 g/mol. The topological polar surface area (TPSA) is 76.2 Å². The van der Waals surface area contributed by atoms with Crippen LogP contribution < -0.4 is 0 Å². The lowest BCUT2D eigenvalue weighted by Crippen LogP contribution is -2.60. The Balaban J connectivity index is 1.59. The Kier molecular flexibility index (Phi) is 5.34. The fourth-order valence-electron chi connectivity index (χ4n) is 5.25. The molecule has 1 saturated carbocycles. The van der Waals surface area contributed by atoms with Gasteiger partial charge in [-0.05, 0) is 24.8 Å². The lowest BCUT2D eigenvalue weighted by atomic mass is 9.68. The van der Waals surface area contributed by atoms with E-state index in [2.05, 4.69) is 0 Å². The van der Waals surface area contributed by atoms with Gasteiger partial charge in [-0.2, -0.15) is 0 Å². The van der Waals surface area contributed by atoms with Crippen molar-refractivity contribution >= 4 is 17.8 Å². The van der Waals surface area contributed by atoms with Crippen LogP contribution in [-0.2, 0) is 23.9 Å². The zero-order valence-corrected chi connectivity index (χ0v) is 17.0. The zero-order valence-electron chi connectivity index (χ0n) is 17.0. The second-order valence-corrected chi connectivity index (χ2v) is 8.43. The molecule has 7 heteroatoms. The molecule has 2 saturated heterocycles. The van der Waals surface area contributed by atoms with Gasteiger partial charge in [-0.1, -0.05) is 36.8 Å². The third-order valence-corrected chi connectivity index (χ3v) is 6.76. The van der Waals surface area contributed by atoms with Gasteiger partial charge in [0.2, 0.25) is 11.8 Å². The number of esters is 1. The Labute approximate surface area is 170 Å². The molecule has 1 aromatic carbocycles. The molecule has 7 nitrogen and oxygen atoms in total. The highest BCUT2D eigenvalue weighted by Crippen LogP contribution is 2.46. The quantitative estimate of drug-likeness (QED) is 0.704. The van der Waals surface area contributed by atoms with Crippen molar-refractivity contribution in [2.75, 3.05) is 33.9 Å². The van der Waals surface area contributed by atoms with Crippen molar-refractivity contribution in [2.45, 2.75) is 37.8 Å². The van der Waals surface area contributed by atoms with Gasteiger partial charge in [-0.3, -0.25) is 14.4 Å². The molecule has 0 bridgehead atoms. The number of ether oxygens (including phenoxy) is 2. The summed E-state index contributed by atoms with van der Waals surface area (Å²) in [4.78, 5) is 42.4. The first-order valence-electron chi connectivity index (χ1n) is 10.2. The van der Waals surface area contributed by atoms with Crippen LogP contribution in [0.4, 0.5) is 0 Å². The minimum absolute atomic E-state index is 0.0105. The fraction of sp³-hybridized carbons (Fsp3) is 0.591. The molecule has 2 aliphatic heterocycles. The number of amides is 2. The fourth-order valence-corrected chi connectivity index (χ4v) is 5.25. The molecule has 2 amide bonds. The number of hydrogen-bond acceptors (Lipinski definition) is 5. The first-order chi connectivity index (χ1) is 14.0. The Morgan fingerprint density at radius 2 is 1.90 bits per heavy atom. The van der Waals surface area contributed by atoms with Gasteiger partial charge in [-0.25, -0.2) is 0 Å². The Morgan fingerprint density at radius 3 is 2.48 bits per heavy atom. The number of nitrogens with zero attached hydrogens (tertiary/aromatic N) is 2. The van der Waals surface area contributed by atoms with Gasteiger partial charge in [0, 0.05) is 13.7 Å². The number of benzene rings is 1. The normalized spacial score (nSPS) is 27.9. The Morgan fingerprint density at radius 1 is 1.17 bits per heavy atom. The molecule has 1 aromatic rings. The van der Waals surface area contributed by atoms with Crippen LogP contribution in [0.2, 0.25) is 0 Å². The average molecular weight is 400 g/mol. The maximum absolute atomic E-state index is 13.2. The molecule has 3 aliphatic rings. The molecule has 0 aromatic heterocycles. The summed E-state index contributed by atoms with van der Waals surface area (Å²) in [6.07, 6.45) is 3.11. The molecule has 0 unspecified atom stereocenters. The summed E-state index contributed by atoms with van der Waals surface area (Å²) >= 11 is 0. The smallest absolute Gasteiger partial charge is 0.311 e. The van der Waals surface area contributed by atoms with E-state index in [0.29, 0.717) is 19.6 Å². The standard InChI is InChI=1S/C22H28N2O5/c1-28-14-22(9-6-10-22)21(27)23-12-16-11-17(20(26)29-2)19(24(16)18(25)13-23)15-7-4-3-5-8-15/h3-5,7-8,16-17,19H,6,9-14H2,1-2H3/t16-,17-,19-/m0/s1. The number of carbonyl (C=O) groups is 3. The van der Waals surface area contributed by atoms with E-state index in [9.17, 15) is 14.4 Å². The summed E-state index contributed by atoms with van der Waals surface area (Å²) in [5.74, 6) is -0.838. The first kappa shape index (κ1) is 19.9. The van der Waals surface area contributed by atoms with E-state index in [1.807, 2.05) is 35.2 Å². The highest BCUT2D eigenvalue weighted by atomic mass is 16.5. The number of methoxy groups -OCH3 is 2. The predicted octanol–water partition coefficient (Wildman–Crippen LogP) is 1.78. The highest BCUT2D eigenvalue weighted by molar-refractivity contribution is 5.91. The van der Waals surface area contributed by atoms with Crippen LogP contribution in [0.3, 0.4) is 0 Å². The molecule has 3 fully saturated rings. The number of piperazine rings is 1. The molecule has 2 heterocycles. The largest absolute Gasteiger partial charge is 0.469 e. The van der Waals surface area contributed by atoms with E-state index in [-0.39, 0.29) is 36.4 Å². The molecule has 3 atom stereocenters. The minimum Gasteiger partial charge on any atom is -0.469 e. The predicted molar refractivity (Wildman–Crippen MR) is 105 cm³/mol. The SMILES string of the molecule is COCC1(C(=O)N2CC(=O)N3[C@@H](C[C@H](C(=O)OC)[C@@H]3c3ccccc3)C2)CCC1. The van der Waals surface area contributed by atoms with Gasteiger partial charge >= 0.3 is 5.97 Å². The second-order valence-electron chi connectivity index (χ2n) is 8.43. The highest BCUT2D eigenvalue weighted by Gasteiger charge is 2.54. The van der Waals surface area contributed by atoms with Crippen molar-refractivity contribution in [1.29, 1.82) is 0 Å². The first-order valence-corrected chi connectivity index (χ1v) is 10.2. The van der Waals surface area contributed by atoms with Crippen LogP contribution in [-0.4, -0.2) is 67.5 Å². The Bertz CT molecular complexity index is 792. The van der Waals surface area contributed by atoms with Gasteiger partial charge in [0.15, 0.2) is 0 Å². The lowest BCUT2D eigenvalue weighted by molar-refractivity contribution is -0.161. The maximum Gasteiger partial charge on any atom is 0.311 e. The van der Waals surface area contributed by atoms with E-state index in [0.717, 1.165) is 24.8 Å². The summed E-state index contributed by atoms with van der Waals surface area (Å²) < 4.78 is 10.3. The maximum atomic E-state index is 13.2. The van der Waals surface area contributed by atoms with E-state index in [1.54, 1.807) is 12.0 Å². The van der Waals surface area contributed by atoms with Crippen LogP contribution in [0.1, 0.15) is 37.3 Å². The Hall–Kier alpha value is -2.41. The van der Waals surface area contributed by atoms with Crippen molar-refractivity contribution in [2.24, 2.45) is 11.3 Å². The van der Waals surface area contributed by atoms with E-state index in [4.69, 9.17) is 9.47 Å². The minimum atomic E-state index is -0.490. The van der Waals surface area contributed by atoms with E-state index in [1.165, 1.54) is 7.11 Å². The van der Waals surface area contributed by atoms with Gasteiger partial charge in [-0.15, -0.1) is 0 Å². The van der Waals surface area contributed by atoms with E-state index < -0.39 is 11.3 Å². The van der Waals surface area contributed by atoms with Gasteiger partial charge in [0.25, 0.3) is 0 Å². The summed E-state index contributed by atoms with van der Waals surface area (Å²) in [6.45, 7) is 0.896. The van der Waals surface area contributed by atoms with Crippen molar-refractivity contribution in [3.8, 4) is 0 Å². The van der Waals surface area contributed by atoms with Crippen LogP contribution >= 0.6 is 0 Å². The molecule has 4 rings (SSSR count). The molecule has 0 radical (unpaired) electrons. The molecular formula is C22H28N2O5. The molecule has 156 valence electrons. The summed E-state index contributed by atoms with van der Waals surface area (Å²) in [7, 11) is 2.99. The van der Waals surface area contributed by atoms with Crippen LogP contribution in [0.5, 0.6) is 0 Å². The van der Waals surface area contributed by atoms with Crippen LogP contribution in [0, 0.1) is 11.3 Å². The second kappa shape index (κ2) is 7.78. The van der Waals surface area contributed by atoms with Crippen molar-refractivity contribution in [1.82, 2.24) is 9.80 Å². The van der Waals surface area contributed by atoms with Gasteiger partial charge < -0.3 is 19.3 Å². The average Bonchev–Trinajstić information content (AvgIpc) is 3.10. The van der Waals surface area contributed by atoms with Crippen LogP contribution in [0.15, 0.2) is 30.3 Å². The number of carbonyl (C=O) groups excluding carboxylic acids is 3. The third kappa shape index (κ3) is 3.31. The van der Waals surface area contributed by atoms with Crippen LogP contribution in [0.25, 0.3) is 0 Å². The number of fused-ring (bicyclic) bond motifs is 1. The summed E-state index contributed by atoms with van der Waals surface area (Å²) in [5.41, 5.74) is 0.435. The lowest BCUT2D eigenvalue weighted by Gasteiger charge is -2.46. The zero-order chi connectivity index (χ0) is 20.6. The van der Waals surface area contributed by atoms with E-state index >= 15 is 0 Å². The van der Waals surface area contributed by atoms with Gasteiger partial charge in [0.05, 0.1) is 43.7 Å². The molecule has 0 spiro atoms. The van der Waals surface area contributed by atoms with Crippen molar-refractivity contribution in [3.05, 3.63) is 35.9 Å². The third-order valence-electron chi connectivity index (χ3n) is 6.76. The number of hydrogen-bond donors (Lipinski definition) is 0.